The van der Waals surface area contributed by atoms with Crippen LogP contribution in [0, 0.1) is 6.92 Å². The van der Waals surface area contributed by atoms with Crippen molar-refractivity contribution in [1.29, 1.82) is 0 Å². The van der Waals surface area contributed by atoms with E-state index in [4.69, 9.17) is 4.52 Å². The molecule has 1 aliphatic rings. The van der Waals surface area contributed by atoms with Crippen molar-refractivity contribution in [3.63, 3.8) is 0 Å². The van der Waals surface area contributed by atoms with Crippen LogP contribution in [0.1, 0.15) is 16.1 Å². The topological polar surface area (TPSA) is 96.5 Å². The van der Waals surface area contributed by atoms with E-state index in [-0.39, 0.29) is 18.4 Å². The highest BCUT2D eigenvalue weighted by Gasteiger charge is 2.23. The number of piperazine rings is 1. The second kappa shape index (κ2) is 8.27. The Bertz CT molecular complexity index is 972. The first-order valence-corrected chi connectivity index (χ1v) is 9.42. The summed E-state index contributed by atoms with van der Waals surface area (Å²) in [5.41, 5.74) is 1.61. The van der Waals surface area contributed by atoms with Gasteiger partial charge in [-0.05, 0) is 31.2 Å². The van der Waals surface area contributed by atoms with Crippen LogP contribution in [-0.4, -0.2) is 69.0 Å². The Labute approximate surface area is 167 Å². The molecule has 29 heavy (non-hydrogen) atoms. The van der Waals surface area contributed by atoms with Gasteiger partial charge in [-0.1, -0.05) is 5.16 Å². The van der Waals surface area contributed by atoms with Crippen molar-refractivity contribution >= 4 is 17.6 Å². The lowest BCUT2D eigenvalue weighted by Crippen LogP contribution is -2.50. The van der Waals surface area contributed by atoms with E-state index < -0.39 is 0 Å². The Morgan fingerprint density at radius 3 is 2.52 bits per heavy atom. The average Bonchev–Trinajstić information content (AvgIpc) is 3.40. The quantitative estimate of drug-likeness (QED) is 0.706. The van der Waals surface area contributed by atoms with Gasteiger partial charge in [0.2, 0.25) is 5.91 Å². The highest BCUT2D eigenvalue weighted by atomic mass is 16.5. The van der Waals surface area contributed by atoms with Crippen molar-refractivity contribution in [3.8, 4) is 5.69 Å². The molecule has 0 bridgehead atoms. The minimum atomic E-state index is -0.145. The summed E-state index contributed by atoms with van der Waals surface area (Å²) >= 11 is 0. The largest absolute Gasteiger partial charge is 0.360 e. The number of carbonyl (C=O) groups is 2. The summed E-state index contributed by atoms with van der Waals surface area (Å²) in [5, 5.41) is 6.47. The molecular formula is C20H22N6O3. The molecular weight excluding hydrogens is 372 g/mol. The van der Waals surface area contributed by atoms with Crippen molar-refractivity contribution in [1.82, 2.24) is 24.5 Å². The number of benzene rings is 1. The van der Waals surface area contributed by atoms with Gasteiger partial charge in [-0.25, -0.2) is 4.98 Å². The molecule has 0 radical (unpaired) electrons. The molecule has 1 N–H and O–H groups in total. The maximum absolute atomic E-state index is 12.8. The number of anilines is 1. The van der Waals surface area contributed by atoms with Gasteiger partial charge in [-0.15, -0.1) is 0 Å². The Balaban J connectivity index is 1.27. The number of nitrogens with zero attached hydrogens (tertiary/aromatic N) is 5. The first kappa shape index (κ1) is 18.9. The van der Waals surface area contributed by atoms with Crippen molar-refractivity contribution in [2.75, 3.05) is 38.0 Å². The van der Waals surface area contributed by atoms with Crippen LogP contribution in [0.4, 0.5) is 5.82 Å². The second-order valence-corrected chi connectivity index (χ2v) is 6.96. The number of aromatic nitrogens is 3. The molecule has 1 saturated heterocycles. The predicted molar refractivity (Wildman–Crippen MR) is 106 cm³/mol. The Morgan fingerprint density at radius 2 is 1.90 bits per heavy atom. The number of amides is 2. The summed E-state index contributed by atoms with van der Waals surface area (Å²) in [5.74, 6) is 0.920. The standard InChI is InChI=1S/C20H22N6O3/c1-15-12-18(23-29-15)22-19(27)13-24-8-10-25(11-9-24)20(28)16-2-4-17(5-3-16)26-7-6-21-14-26/h2-7,12,14H,8-11,13H2,1H3,(H,22,23,27). The molecule has 0 atom stereocenters. The fourth-order valence-electron chi connectivity index (χ4n) is 3.29. The molecule has 3 heterocycles. The van der Waals surface area contributed by atoms with Gasteiger partial charge >= 0.3 is 0 Å². The molecule has 0 aliphatic carbocycles. The average molecular weight is 394 g/mol. The molecule has 3 aromatic rings. The van der Waals surface area contributed by atoms with Crippen LogP contribution in [0.2, 0.25) is 0 Å². The molecule has 0 spiro atoms. The third kappa shape index (κ3) is 4.52. The summed E-state index contributed by atoms with van der Waals surface area (Å²) in [4.78, 5) is 32.8. The number of hydrogen-bond acceptors (Lipinski definition) is 6. The number of imidazole rings is 1. The summed E-state index contributed by atoms with van der Waals surface area (Å²) < 4.78 is 6.83. The molecule has 2 amide bonds. The molecule has 9 heteroatoms. The SMILES string of the molecule is Cc1cc(NC(=O)CN2CCN(C(=O)c3ccc(-n4ccnc4)cc3)CC2)no1. The molecule has 1 aromatic carbocycles. The summed E-state index contributed by atoms with van der Waals surface area (Å²) in [6.07, 6.45) is 5.29. The van der Waals surface area contributed by atoms with E-state index in [1.165, 1.54) is 0 Å². The van der Waals surface area contributed by atoms with E-state index in [0.29, 0.717) is 43.3 Å². The van der Waals surface area contributed by atoms with Crippen molar-refractivity contribution in [3.05, 3.63) is 60.4 Å². The first-order chi connectivity index (χ1) is 14.1. The summed E-state index contributed by atoms with van der Waals surface area (Å²) in [7, 11) is 0. The van der Waals surface area contributed by atoms with E-state index in [1.54, 1.807) is 25.5 Å². The summed E-state index contributed by atoms with van der Waals surface area (Å²) in [6, 6.07) is 9.14. The molecule has 1 aliphatic heterocycles. The molecule has 9 nitrogen and oxygen atoms in total. The van der Waals surface area contributed by atoms with Gasteiger partial charge in [0.25, 0.3) is 5.91 Å². The van der Waals surface area contributed by atoms with Gasteiger partial charge in [0.05, 0.1) is 12.9 Å². The molecule has 2 aromatic heterocycles. The van der Waals surface area contributed by atoms with Gasteiger partial charge in [-0.3, -0.25) is 14.5 Å². The van der Waals surface area contributed by atoms with E-state index in [9.17, 15) is 9.59 Å². The van der Waals surface area contributed by atoms with Crippen molar-refractivity contribution in [2.24, 2.45) is 0 Å². The fraction of sp³-hybridized carbons (Fsp3) is 0.300. The maximum atomic E-state index is 12.8. The van der Waals surface area contributed by atoms with Crippen LogP contribution in [0.3, 0.4) is 0 Å². The first-order valence-electron chi connectivity index (χ1n) is 9.42. The lowest BCUT2D eigenvalue weighted by atomic mass is 10.1. The Kier molecular flexibility index (Phi) is 5.39. The highest BCUT2D eigenvalue weighted by Crippen LogP contribution is 2.13. The minimum Gasteiger partial charge on any atom is -0.360 e. The lowest BCUT2D eigenvalue weighted by Gasteiger charge is -2.34. The molecule has 150 valence electrons. The number of carbonyl (C=O) groups excluding carboxylic acids is 2. The van der Waals surface area contributed by atoms with Gasteiger partial charge in [-0.2, -0.15) is 0 Å². The highest BCUT2D eigenvalue weighted by molar-refractivity contribution is 5.94. The Hall–Kier alpha value is -3.46. The van der Waals surface area contributed by atoms with Crippen molar-refractivity contribution in [2.45, 2.75) is 6.92 Å². The zero-order chi connectivity index (χ0) is 20.2. The Morgan fingerprint density at radius 1 is 1.14 bits per heavy atom. The van der Waals surface area contributed by atoms with Gasteiger partial charge in [0.1, 0.15) is 5.76 Å². The van der Waals surface area contributed by atoms with Gasteiger partial charge in [0.15, 0.2) is 5.82 Å². The third-order valence-electron chi connectivity index (χ3n) is 4.84. The fourth-order valence-corrected chi connectivity index (χ4v) is 3.29. The van der Waals surface area contributed by atoms with Crippen LogP contribution < -0.4 is 5.32 Å². The minimum absolute atomic E-state index is 0.00403. The third-order valence-corrected chi connectivity index (χ3v) is 4.84. The number of hydrogen-bond donors (Lipinski definition) is 1. The predicted octanol–water partition coefficient (Wildman–Crippen LogP) is 1.57. The molecule has 0 unspecified atom stereocenters. The normalized spacial score (nSPS) is 14.7. The zero-order valence-corrected chi connectivity index (χ0v) is 16.1. The van der Waals surface area contributed by atoms with Crippen LogP contribution in [0.5, 0.6) is 0 Å². The smallest absolute Gasteiger partial charge is 0.253 e. The lowest BCUT2D eigenvalue weighted by molar-refractivity contribution is -0.117. The van der Waals surface area contributed by atoms with Crippen LogP contribution in [-0.2, 0) is 4.79 Å². The van der Waals surface area contributed by atoms with Crippen LogP contribution >= 0.6 is 0 Å². The van der Waals surface area contributed by atoms with E-state index in [1.807, 2.05) is 44.8 Å². The molecule has 1 fully saturated rings. The van der Waals surface area contributed by atoms with Gasteiger partial charge in [0, 0.05) is 55.9 Å². The second-order valence-electron chi connectivity index (χ2n) is 6.96. The molecule has 4 rings (SSSR count). The maximum Gasteiger partial charge on any atom is 0.253 e. The summed E-state index contributed by atoms with van der Waals surface area (Å²) in [6.45, 7) is 4.48. The van der Waals surface area contributed by atoms with E-state index >= 15 is 0 Å². The molecule has 0 saturated carbocycles. The monoisotopic (exact) mass is 394 g/mol. The van der Waals surface area contributed by atoms with E-state index in [0.717, 1.165) is 5.69 Å². The number of rotatable bonds is 5. The number of nitrogens with one attached hydrogen (secondary N) is 1. The van der Waals surface area contributed by atoms with Crippen LogP contribution in [0.15, 0.2) is 53.6 Å². The zero-order valence-electron chi connectivity index (χ0n) is 16.1. The number of aryl methyl sites for hydroxylation is 1. The van der Waals surface area contributed by atoms with E-state index in [2.05, 4.69) is 15.5 Å². The van der Waals surface area contributed by atoms with Crippen molar-refractivity contribution < 1.29 is 14.1 Å². The van der Waals surface area contributed by atoms with Crippen LogP contribution in [0.25, 0.3) is 5.69 Å². The van der Waals surface area contributed by atoms with Gasteiger partial charge < -0.3 is 19.3 Å².